The lowest BCUT2D eigenvalue weighted by Gasteiger charge is -2.62. The largest absolute Gasteiger partial charge is 0.477 e. The smallest absolute Gasteiger partial charge is 0.341 e. The van der Waals surface area contributed by atoms with E-state index in [1.807, 2.05) is 16.4 Å². The number of carboxylic acid groups (broad SMARTS) is 1. The third kappa shape index (κ3) is 2.19. The number of aromatic carboxylic acids is 1. The molecule has 1 saturated heterocycles. The Morgan fingerprint density at radius 1 is 1.37 bits per heavy atom. The number of nitrogens with two attached hydrogens (primary N) is 1. The van der Waals surface area contributed by atoms with E-state index >= 15 is 0 Å². The summed E-state index contributed by atoms with van der Waals surface area (Å²) >= 11 is 0. The van der Waals surface area contributed by atoms with Gasteiger partial charge in [-0.05, 0) is 37.2 Å². The molecule has 3 N–H and O–H groups in total. The highest BCUT2D eigenvalue weighted by Crippen LogP contribution is 2.62. The molecule has 3 saturated carbocycles. The second kappa shape index (κ2) is 5.28. The van der Waals surface area contributed by atoms with Crippen molar-refractivity contribution in [3.63, 3.8) is 0 Å². The van der Waals surface area contributed by atoms with E-state index in [1.165, 1.54) is 6.20 Å². The maximum atomic E-state index is 14.8. The first-order chi connectivity index (χ1) is 12.8. The quantitative estimate of drug-likeness (QED) is 0.847. The van der Waals surface area contributed by atoms with Crippen molar-refractivity contribution in [3.05, 3.63) is 33.9 Å². The van der Waals surface area contributed by atoms with Gasteiger partial charge in [-0.2, -0.15) is 0 Å². The van der Waals surface area contributed by atoms with Gasteiger partial charge in [-0.3, -0.25) is 4.79 Å². The Morgan fingerprint density at radius 2 is 2.07 bits per heavy atom. The van der Waals surface area contributed by atoms with Crippen LogP contribution in [-0.4, -0.2) is 39.8 Å². The van der Waals surface area contributed by atoms with E-state index in [2.05, 4.69) is 4.98 Å². The van der Waals surface area contributed by atoms with E-state index in [0.29, 0.717) is 24.7 Å². The van der Waals surface area contributed by atoms with Gasteiger partial charge in [-0.25, -0.2) is 14.2 Å². The molecule has 1 aliphatic heterocycles. The van der Waals surface area contributed by atoms with Crippen LogP contribution in [0.2, 0.25) is 0 Å². The summed E-state index contributed by atoms with van der Waals surface area (Å²) in [5.41, 5.74) is 5.23. The average Bonchev–Trinajstić information content (AvgIpc) is 2.85. The molecular formula is C19H21FN4O3. The van der Waals surface area contributed by atoms with Gasteiger partial charge in [0.15, 0.2) is 11.6 Å². The highest BCUT2D eigenvalue weighted by Gasteiger charge is 2.58. The monoisotopic (exact) mass is 372 g/mol. The van der Waals surface area contributed by atoms with Crippen molar-refractivity contribution in [2.45, 2.75) is 37.8 Å². The topological polar surface area (TPSA) is 101 Å². The van der Waals surface area contributed by atoms with Gasteiger partial charge >= 0.3 is 5.97 Å². The van der Waals surface area contributed by atoms with Crippen LogP contribution < -0.4 is 16.1 Å². The first kappa shape index (κ1) is 16.7. The molecule has 6 rings (SSSR count). The fraction of sp³-hybridized carbons (Fsp3) is 0.526. The minimum atomic E-state index is -1.30. The van der Waals surface area contributed by atoms with Crippen LogP contribution in [0.1, 0.15) is 36.5 Å². The number of aromatic nitrogens is 2. The van der Waals surface area contributed by atoms with E-state index in [1.54, 1.807) is 0 Å². The number of rotatable bonds is 3. The molecule has 0 spiro atoms. The van der Waals surface area contributed by atoms with E-state index in [9.17, 15) is 19.1 Å². The molecule has 7 nitrogen and oxygen atoms in total. The van der Waals surface area contributed by atoms with Crippen LogP contribution in [0.25, 0.3) is 11.0 Å². The number of hydrogen-bond donors (Lipinski definition) is 2. The number of pyridine rings is 2. The fourth-order valence-corrected chi connectivity index (χ4v) is 4.84. The Morgan fingerprint density at radius 3 is 2.59 bits per heavy atom. The Bertz CT molecular complexity index is 1020. The van der Waals surface area contributed by atoms with Crippen molar-refractivity contribution in [1.82, 2.24) is 9.55 Å². The van der Waals surface area contributed by atoms with Crippen molar-refractivity contribution >= 4 is 22.8 Å². The number of halogens is 1. The van der Waals surface area contributed by atoms with Gasteiger partial charge in [0.2, 0.25) is 5.43 Å². The summed E-state index contributed by atoms with van der Waals surface area (Å²) in [5, 5.41) is 9.45. The zero-order valence-corrected chi connectivity index (χ0v) is 15.0. The number of nitrogens with zero attached hydrogens (tertiary/aromatic N) is 3. The van der Waals surface area contributed by atoms with Gasteiger partial charge in [0.1, 0.15) is 11.2 Å². The van der Waals surface area contributed by atoms with Gasteiger partial charge < -0.3 is 20.3 Å². The lowest BCUT2D eigenvalue weighted by Crippen LogP contribution is -2.59. The first-order valence-corrected chi connectivity index (χ1v) is 9.29. The SMILES string of the molecule is C[C@@H]1CN(c2nc3c(cc2F)c(=O)c(C(=O)O)cn3C23CC(C2)C3)C[C@@H]1N. The normalized spacial score (nSPS) is 31.7. The van der Waals surface area contributed by atoms with Crippen LogP contribution in [0, 0.1) is 17.7 Å². The predicted molar refractivity (Wildman–Crippen MR) is 97.6 cm³/mol. The van der Waals surface area contributed by atoms with Gasteiger partial charge in [-0.15, -0.1) is 0 Å². The van der Waals surface area contributed by atoms with Crippen molar-refractivity contribution in [2.75, 3.05) is 18.0 Å². The van der Waals surface area contributed by atoms with Gasteiger partial charge in [0.05, 0.1) is 5.39 Å². The Hall–Kier alpha value is -2.48. The second-order valence-electron chi connectivity index (χ2n) is 8.46. The zero-order chi connectivity index (χ0) is 19.1. The molecule has 0 unspecified atom stereocenters. The van der Waals surface area contributed by atoms with Gasteiger partial charge in [0, 0.05) is 30.9 Å². The third-order valence-corrected chi connectivity index (χ3v) is 6.63. The predicted octanol–water partition coefficient (Wildman–Crippen LogP) is 1.53. The number of carbonyl (C=O) groups is 1. The molecule has 0 radical (unpaired) electrons. The number of carboxylic acids is 1. The molecule has 0 aromatic carbocycles. The van der Waals surface area contributed by atoms with Gasteiger partial charge in [0.25, 0.3) is 0 Å². The Kier molecular flexibility index (Phi) is 3.26. The van der Waals surface area contributed by atoms with Crippen LogP contribution in [0.3, 0.4) is 0 Å². The molecule has 142 valence electrons. The maximum absolute atomic E-state index is 14.8. The maximum Gasteiger partial charge on any atom is 0.341 e. The minimum Gasteiger partial charge on any atom is -0.477 e. The molecule has 2 bridgehead atoms. The van der Waals surface area contributed by atoms with E-state index in [-0.39, 0.29) is 34.3 Å². The van der Waals surface area contributed by atoms with Crippen LogP contribution in [0.5, 0.6) is 0 Å². The van der Waals surface area contributed by atoms with Crippen molar-refractivity contribution in [3.8, 4) is 0 Å². The molecule has 3 heterocycles. The summed E-state index contributed by atoms with van der Waals surface area (Å²) in [6.45, 7) is 3.11. The molecule has 2 aromatic heterocycles. The molecular weight excluding hydrogens is 351 g/mol. The number of fused-ring (bicyclic) bond motifs is 1. The molecule has 4 fully saturated rings. The summed E-state index contributed by atoms with van der Waals surface area (Å²) in [6.07, 6.45) is 4.24. The first-order valence-electron chi connectivity index (χ1n) is 9.29. The zero-order valence-electron chi connectivity index (χ0n) is 15.0. The van der Waals surface area contributed by atoms with E-state index in [0.717, 1.165) is 25.3 Å². The van der Waals surface area contributed by atoms with Crippen LogP contribution >= 0.6 is 0 Å². The molecule has 3 aliphatic carbocycles. The molecule has 27 heavy (non-hydrogen) atoms. The summed E-state index contributed by atoms with van der Waals surface area (Å²) < 4.78 is 16.6. The number of hydrogen-bond acceptors (Lipinski definition) is 5. The third-order valence-electron chi connectivity index (χ3n) is 6.63. The summed E-state index contributed by atoms with van der Waals surface area (Å²) in [4.78, 5) is 30.5. The van der Waals surface area contributed by atoms with E-state index in [4.69, 9.17) is 5.73 Å². The molecule has 2 aromatic rings. The summed E-state index contributed by atoms with van der Waals surface area (Å²) in [6, 6.07) is 1.08. The summed E-state index contributed by atoms with van der Waals surface area (Å²) in [7, 11) is 0. The van der Waals surface area contributed by atoms with Crippen molar-refractivity contribution in [2.24, 2.45) is 17.6 Å². The molecule has 4 aliphatic rings. The van der Waals surface area contributed by atoms with Crippen LogP contribution in [-0.2, 0) is 5.54 Å². The molecule has 8 heteroatoms. The Labute approximate surface area is 154 Å². The minimum absolute atomic E-state index is 0.0254. The molecule has 0 amide bonds. The lowest BCUT2D eigenvalue weighted by molar-refractivity contribution is -0.0864. The summed E-state index contributed by atoms with van der Waals surface area (Å²) in [5.74, 6) is -0.857. The van der Waals surface area contributed by atoms with Crippen molar-refractivity contribution < 1.29 is 14.3 Å². The molecule has 2 atom stereocenters. The highest BCUT2D eigenvalue weighted by molar-refractivity contribution is 5.92. The Balaban J connectivity index is 1.74. The number of anilines is 1. The fourth-order valence-electron chi connectivity index (χ4n) is 4.84. The second-order valence-corrected chi connectivity index (χ2v) is 8.46. The highest BCUT2D eigenvalue weighted by atomic mass is 19.1. The van der Waals surface area contributed by atoms with Gasteiger partial charge in [-0.1, -0.05) is 6.92 Å². The standard InChI is InChI=1S/C19H21FN4O3/c1-9-6-23(8-14(9)21)17-13(20)2-11-15(25)12(18(26)27)7-24(16(11)22-17)19-3-10(4-19)5-19/h2,7,9-10,14H,3-6,8,21H2,1H3,(H,26,27)/t9-,10?,14+,19?/m1/s1. The van der Waals surface area contributed by atoms with Crippen molar-refractivity contribution in [1.29, 1.82) is 0 Å². The van der Waals surface area contributed by atoms with Crippen LogP contribution in [0.4, 0.5) is 10.2 Å². The van der Waals surface area contributed by atoms with E-state index < -0.39 is 17.2 Å². The van der Waals surface area contributed by atoms with Crippen LogP contribution in [0.15, 0.2) is 17.1 Å². The average molecular weight is 372 g/mol. The lowest BCUT2D eigenvalue weighted by atomic mass is 9.49.